The number of hydrogen-bond acceptors (Lipinski definition) is 3. The van der Waals surface area contributed by atoms with Gasteiger partial charge in [-0.2, -0.15) is 0 Å². The van der Waals surface area contributed by atoms with E-state index in [1.807, 2.05) is 53.7 Å². The maximum Gasteiger partial charge on any atom is 0.159 e. The van der Waals surface area contributed by atoms with E-state index < -0.39 is 0 Å². The fraction of sp³-hybridized carbons (Fsp3) is 0.591. The van der Waals surface area contributed by atoms with Gasteiger partial charge in [0.2, 0.25) is 0 Å². The van der Waals surface area contributed by atoms with Crippen LogP contribution in [0.5, 0.6) is 0 Å². The van der Waals surface area contributed by atoms with Crippen LogP contribution in [0.15, 0.2) is 37.4 Å². The predicted molar refractivity (Wildman–Crippen MR) is 115 cm³/mol. The molecule has 0 amide bonds. The molecule has 0 aliphatic carbocycles. The molecule has 2 rings (SSSR count). The molecule has 3 heteroatoms. The van der Waals surface area contributed by atoms with E-state index in [0.717, 1.165) is 38.3 Å². The van der Waals surface area contributed by atoms with Crippen molar-refractivity contribution in [3.8, 4) is 0 Å². The molecule has 0 N–H and O–H groups in total. The maximum atomic E-state index is 11.2. The molecule has 0 saturated carbocycles. The van der Waals surface area contributed by atoms with Crippen LogP contribution in [-0.4, -0.2) is 48.8 Å². The number of carbonyl (C=O) groups excluding carboxylic acids is 1. The Balaban J connectivity index is -0.000000533. The molecule has 0 bridgehead atoms. The highest BCUT2D eigenvalue weighted by molar-refractivity contribution is 5.93. The number of nitrogens with zero attached hydrogens (tertiary/aromatic N) is 2. The van der Waals surface area contributed by atoms with E-state index in [2.05, 4.69) is 42.1 Å². The lowest BCUT2D eigenvalue weighted by Crippen LogP contribution is -2.43. The summed E-state index contributed by atoms with van der Waals surface area (Å²) in [7, 11) is 2.17. The Labute approximate surface area is 157 Å². The fourth-order valence-electron chi connectivity index (χ4n) is 2.11. The summed E-state index contributed by atoms with van der Waals surface area (Å²) in [5, 5.41) is 0. The minimum absolute atomic E-state index is 0.135. The van der Waals surface area contributed by atoms with Crippen molar-refractivity contribution in [1.82, 2.24) is 9.80 Å². The minimum atomic E-state index is 0.135. The van der Waals surface area contributed by atoms with Crippen LogP contribution in [0.1, 0.15) is 64.4 Å². The summed E-state index contributed by atoms with van der Waals surface area (Å²) in [6.07, 6.45) is 0. The van der Waals surface area contributed by atoms with Gasteiger partial charge in [0.05, 0.1) is 0 Å². The Kier molecular flexibility index (Phi) is 23.4. The zero-order valence-corrected chi connectivity index (χ0v) is 18.1. The molecule has 3 nitrogen and oxygen atoms in total. The first kappa shape index (κ1) is 28.4. The Morgan fingerprint density at radius 2 is 1.28 bits per heavy atom. The van der Waals surface area contributed by atoms with Crippen LogP contribution in [0.2, 0.25) is 0 Å². The largest absolute Gasteiger partial charge is 0.304 e. The zero-order valence-electron chi connectivity index (χ0n) is 18.1. The van der Waals surface area contributed by atoms with Gasteiger partial charge in [0.25, 0.3) is 0 Å². The first-order valence-electron chi connectivity index (χ1n) is 9.66. The molecule has 146 valence electrons. The third-order valence-electron chi connectivity index (χ3n) is 3.36. The number of carbonyl (C=O) groups is 1. The van der Waals surface area contributed by atoms with E-state index in [4.69, 9.17) is 0 Å². The molecule has 1 aliphatic rings. The smallest absolute Gasteiger partial charge is 0.159 e. The van der Waals surface area contributed by atoms with Crippen LogP contribution in [0, 0.1) is 0 Å². The first-order valence-corrected chi connectivity index (χ1v) is 9.66. The van der Waals surface area contributed by atoms with E-state index >= 15 is 0 Å². The van der Waals surface area contributed by atoms with Gasteiger partial charge in [-0.3, -0.25) is 9.69 Å². The lowest BCUT2D eigenvalue weighted by molar-refractivity contribution is 0.101. The molecular formula is C22H42N2O. The standard InChI is InChI=1S/C14H20N2O.3C2H6.C2H4/c1-12(17)14-5-3-13(4-6-14)11-16-9-7-15(2)8-10-16;4*1-2/h3-6H,7-11H2,1-2H3;3*1-2H3;1-2H2. The van der Waals surface area contributed by atoms with Crippen LogP contribution < -0.4 is 0 Å². The summed E-state index contributed by atoms with van der Waals surface area (Å²) < 4.78 is 0. The van der Waals surface area contributed by atoms with Gasteiger partial charge in [-0.1, -0.05) is 65.8 Å². The number of piperazine rings is 1. The average Bonchev–Trinajstić information content (AvgIpc) is 2.70. The highest BCUT2D eigenvalue weighted by Gasteiger charge is 2.13. The molecular weight excluding hydrogens is 308 g/mol. The molecule has 0 aromatic heterocycles. The minimum Gasteiger partial charge on any atom is -0.304 e. The van der Waals surface area contributed by atoms with Crippen molar-refractivity contribution in [2.24, 2.45) is 0 Å². The molecule has 0 radical (unpaired) electrons. The molecule has 1 aliphatic heterocycles. The van der Waals surface area contributed by atoms with Crippen molar-refractivity contribution < 1.29 is 4.79 Å². The van der Waals surface area contributed by atoms with Gasteiger partial charge in [-0.05, 0) is 19.5 Å². The second-order valence-corrected chi connectivity index (χ2v) is 4.83. The average molecular weight is 351 g/mol. The molecule has 1 heterocycles. The Hall–Kier alpha value is -1.45. The van der Waals surface area contributed by atoms with Crippen molar-refractivity contribution in [2.75, 3.05) is 33.2 Å². The third kappa shape index (κ3) is 13.5. The lowest BCUT2D eigenvalue weighted by atomic mass is 10.1. The van der Waals surface area contributed by atoms with Crippen molar-refractivity contribution in [3.63, 3.8) is 0 Å². The quantitative estimate of drug-likeness (QED) is 0.530. The SMILES string of the molecule is C=C.CC.CC.CC.CC(=O)c1ccc(CN2CCN(C)CC2)cc1. The Morgan fingerprint density at radius 1 is 0.880 bits per heavy atom. The van der Waals surface area contributed by atoms with E-state index in [0.29, 0.717) is 0 Å². The van der Waals surface area contributed by atoms with Crippen molar-refractivity contribution >= 4 is 5.78 Å². The Bertz CT molecular complexity index is 393. The second kappa shape index (κ2) is 20.6. The molecule has 1 fully saturated rings. The molecule has 0 atom stereocenters. The van der Waals surface area contributed by atoms with Gasteiger partial charge < -0.3 is 4.90 Å². The van der Waals surface area contributed by atoms with Gasteiger partial charge >= 0.3 is 0 Å². The number of likely N-dealkylation sites (N-methyl/N-ethyl adjacent to an activating group) is 1. The van der Waals surface area contributed by atoms with Gasteiger partial charge in [-0.15, -0.1) is 13.2 Å². The highest BCUT2D eigenvalue weighted by Crippen LogP contribution is 2.10. The van der Waals surface area contributed by atoms with Gasteiger partial charge in [0, 0.05) is 38.3 Å². The fourth-order valence-corrected chi connectivity index (χ4v) is 2.11. The van der Waals surface area contributed by atoms with Crippen molar-refractivity contribution in [2.45, 2.75) is 55.0 Å². The van der Waals surface area contributed by atoms with E-state index in [-0.39, 0.29) is 5.78 Å². The van der Waals surface area contributed by atoms with Crippen molar-refractivity contribution in [3.05, 3.63) is 48.6 Å². The van der Waals surface area contributed by atoms with Crippen LogP contribution in [0.25, 0.3) is 0 Å². The summed E-state index contributed by atoms with van der Waals surface area (Å²) in [6.45, 7) is 25.1. The number of ketones is 1. The van der Waals surface area contributed by atoms with Crippen LogP contribution in [0.4, 0.5) is 0 Å². The van der Waals surface area contributed by atoms with Crippen LogP contribution >= 0.6 is 0 Å². The molecule has 1 aromatic carbocycles. The van der Waals surface area contributed by atoms with Gasteiger partial charge in [0.1, 0.15) is 0 Å². The van der Waals surface area contributed by atoms with Crippen LogP contribution in [-0.2, 0) is 6.54 Å². The summed E-state index contributed by atoms with van der Waals surface area (Å²) >= 11 is 0. The molecule has 0 spiro atoms. The Morgan fingerprint density at radius 3 is 1.64 bits per heavy atom. The van der Waals surface area contributed by atoms with Crippen LogP contribution in [0.3, 0.4) is 0 Å². The monoisotopic (exact) mass is 350 g/mol. The molecule has 25 heavy (non-hydrogen) atoms. The predicted octanol–water partition coefficient (Wildman–Crippen LogP) is 5.52. The summed E-state index contributed by atoms with van der Waals surface area (Å²) in [5.74, 6) is 0.135. The number of hydrogen-bond donors (Lipinski definition) is 0. The zero-order chi connectivity index (χ0) is 20.3. The lowest BCUT2D eigenvalue weighted by Gasteiger charge is -2.32. The van der Waals surface area contributed by atoms with E-state index in [1.165, 1.54) is 5.56 Å². The highest BCUT2D eigenvalue weighted by atomic mass is 16.1. The number of rotatable bonds is 3. The number of benzene rings is 1. The summed E-state index contributed by atoms with van der Waals surface area (Å²) in [6, 6.07) is 7.98. The van der Waals surface area contributed by atoms with E-state index in [1.54, 1.807) is 6.92 Å². The van der Waals surface area contributed by atoms with Gasteiger partial charge in [-0.25, -0.2) is 0 Å². The summed E-state index contributed by atoms with van der Waals surface area (Å²) in [4.78, 5) is 16.0. The molecule has 1 saturated heterocycles. The maximum absolute atomic E-state index is 11.2. The van der Waals surface area contributed by atoms with E-state index in [9.17, 15) is 4.79 Å². The third-order valence-corrected chi connectivity index (χ3v) is 3.36. The molecule has 0 unspecified atom stereocenters. The van der Waals surface area contributed by atoms with Gasteiger partial charge in [0.15, 0.2) is 5.78 Å². The molecule has 1 aromatic rings. The first-order chi connectivity index (χ1) is 12.1. The second-order valence-electron chi connectivity index (χ2n) is 4.83. The summed E-state index contributed by atoms with van der Waals surface area (Å²) in [5.41, 5.74) is 2.09. The number of Topliss-reactive ketones (excluding diaryl/α,β-unsaturated/α-hetero) is 1. The topological polar surface area (TPSA) is 23.6 Å². The van der Waals surface area contributed by atoms with Crippen molar-refractivity contribution in [1.29, 1.82) is 0 Å². The normalized spacial score (nSPS) is 13.3.